The smallest absolute Gasteiger partial charge is 0.349 e. The number of cyclic esters (lactones) is 1. The molecule has 3 aromatic rings. The SMILES string of the molecule is Cc1cc(SC2=C(O)CC(CCc3ccccc3)(c3ccc(OCCO)cc3)OC2=O)c(C(C)(C)C)cc1CO. The Labute approximate surface area is 240 Å². The number of ether oxygens (including phenoxy) is 2. The number of aliphatic hydroxyl groups is 3. The van der Waals surface area contributed by atoms with Crippen molar-refractivity contribution in [1.82, 2.24) is 0 Å². The van der Waals surface area contributed by atoms with Crippen LogP contribution < -0.4 is 4.74 Å². The van der Waals surface area contributed by atoms with Crippen molar-refractivity contribution in [3.05, 3.63) is 105 Å². The third-order valence-corrected chi connectivity index (χ3v) is 8.38. The van der Waals surface area contributed by atoms with Gasteiger partial charge in [-0.15, -0.1) is 0 Å². The zero-order valence-electron chi connectivity index (χ0n) is 23.6. The minimum absolute atomic E-state index is 0.00124. The van der Waals surface area contributed by atoms with Gasteiger partial charge < -0.3 is 24.8 Å². The van der Waals surface area contributed by atoms with Crippen molar-refractivity contribution in [2.75, 3.05) is 13.2 Å². The van der Waals surface area contributed by atoms with Crippen LogP contribution in [0.25, 0.3) is 0 Å². The first kappa shape index (κ1) is 29.7. The molecule has 1 unspecified atom stereocenters. The van der Waals surface area contributed by atoms with Gasteiger partial charge in [0.2, 0.25) is 0 Å². The topological polar surface area (TPSA) is 96.2 Å². The van der Waals surface area contributed by atoms with Crippen LogP contribution in [-0.2, 0) is 33.6 Å². The highest BCUT2D eigenvalue weighted by atomic mass is 32.2. The van der Waals surface area contributed by atoms with E-state index in [0.29, 0.717) is 18.6 Å². The van der Waals surface area contributed by atoms with E-state index in [1.807, 2.05) is 61.5 Å². The minimum atomic E-state index is -1.06. The van der Waals surface area contributed by atoms with E-state index in [1.165, 1.54) is 11.8 Å². The minimum Gasteiger partial charge on any atom is -0.511 e. The molecule has 1 aliphatic heterocycles. The van der Waals surface area contributed by atoms with Gasteiger partial charge in [-0.05, 0) is 71.2 Å². The molecular formula is C33H38O6S. The zero-order valence-corrected chi connectivity index (χ0v) is 24.4. The van der Waals surface area contributed by atoms with Crippen LogP contribution in [0.3, 0.4) is 0 Å². The summed E-state index contributed by atoms with van der Waals surface area (Å²) in [6.07, 6.45) is 1.28. The highest BCUT2D eigenvalue weighted by Crippen LogP contribution is 2.47. The van der Waals surface area contributed by atoms with E-state index in [2.05, 4.69) is 20.8 Å². The van der Waals surface area contributed by atoms with Gasteiger partial charge >= 0.3 is 5.97 Å². The summed E-state index contributed by atoms with van der Waals surface area (Å²) >= 11 is 1.22. The Kier molecular flexibility index (Phi) is 9.29. The molecule has 1 heterocycles. The summed E-state index contributed by atoms with van der Waals surface area (Å²) in [6.45, 7) is 8.21. The maximum atomic E-state index is 13.6. The van der Waals surface area contributed by atoms with Gasteiger partial charge in [-0.25, -0.2) is 4.79 Å². The average molecular weight is 563 g/mol. The Morgan fingerprint density at radius 3 is 2.33 bits per heavy atom. The fraction of sp³-hybridized carbons (Fsp3) is 0.364. The number of carbonyl (C=O) groups excluding carboxylic acids is 1. The fourth-order valence-electron chi connectivity index (χ4n) is 4.96. The second kappa shape index (κ2) is 12.5. The lowest BCUT2D eigenvalue weighted by Crippen LogP contribution is -2.38. The van der Waals surface area contributed by atoms with E-state index in [0.717, 1.165) is 32.7 Å². The lowest BCUT2D eigenvalue weighted by atomic mass is 9.82. The summed E-state index contributed by atoms with van der Waals surface area (Å²) in [4.78, 5) is 14.7. The Morgan fingerprint density at radius 2 is 1.73 bits per heavy atom. The standard InChI is InChI=1S/C33H38O6S/c1-22-18-29(27(32(2,3)4)19-24(22)21-35)40-30-28(36)20-33(39-31(30)37,15-14-23-8-6-5-7-9-23)25-10-12-26(13-11-25)38-17-16-34/h5-13,18-19,34-36H,14-17,20-21H2,1-4H3. The Bertz CT molecular complexity index is 1360. The molecule has 0 radical (unpaired) electrons. The van der Waals surface area contributed by atoms with E-state index >= 15 is 0 Å². The molecule has 0 amide bonds. The van der Waals surface area contributed by atoms with Crippen molar-refractivity contribution in [2.24, 2.45) is 0 Å². The summed E-state index contributed by atoms with van der Waals surface area (Å²) in [6, 6.07) is 21.2. The van der Waals surface area contributed by atoms with E-state index in [9.17, 15) is 15.0 Å². The van der Waals surface area contributed by atoms with Crippen LogP contribution in [0, 0.1) is 6.92 Å². The molecule has 3 aromatic carbocycles. The summed E-state index contributed by atoms with van der Waals surface area (Å²) in [5, 5.41) is 30.3. The number of aliphatic hydroxyl groups excluding tert-OH is 3. The quantitative estimate of drug-likeness (QED) is 0.243. The van der Waals surface area contributed by atoms with Crippen molar-refractivity contribution in [1.29, 1.82) is 0 Å². The third-order valence-electron chi connectivity index (χ3n) is 7.22. The van der Waals surface area contributed by atoms with Gasteiger partial charge in [0.25, 0.3) is 0 Å². The average Bonchev–Trinajstić information content (AvgIpc) is 2.93. The maximum absolute atomic E-state index is 13.6. The normalized spacial score (nSPS) is 17.6. The molecule has 212 valence electrons. The Morgan fingerprint density at radius 1 is 1.02 bits per heavy atom. The van der Waals surface area contributed by atoms with Crippen molar-refractivity contribution in [3.8, 4) is 5.75 Å². The van der Waals surface area contributed by atoms with Crippen LogP contribution >= 0.6 is 11.8 Å². The van der Waals surface area contributed by atoms with Crippen molar-refractivity contribution in [3.63, 3.8) is 0 Å². The molecule has 1 aliphatic rings. The number of carbonyl (C=O) groups is 1. The summed E-state index contributed by atoms with van der Waals surface area (Å²) in [5.74, 6) is 0.0374. The largest absolute Gasteiger partial charge is 0.511 e. The first-order valence-electron chi connectivity index (χ1n) is 13.5. The maximum Gasteiger partial charge on any atom is 0.349 e. The fourth-order valence-corrected chi connectivity index (χ4v) is 6.21. The van der Waals surface area contributed by atoms with Gasteiger partial charge in [-0.1, -0.05) is 81.1 Å². The van der Waals surface area contributed by atoms with E-state index in [-0.39, 0.29) is 42.3 Å². The molecule has 6 nitrogen and oxygen atoms in total. The number of hydrogen-bond donors (Lipinski definition) is 3. The lowest BCUT2D eigenvalue weighted by Gasteiger charge is -2.38. The second-order valence-corrected chi connectivity index (χ2v) is 12.3. The van der Waals surface area contributed by atoms with E-state index in [4.69, 9.17) is 14.6 Å². The molecule has 7 heteroatoms. The highest BCUT2D eigenvalue weighted by Gasteiger charge is 2.44. The number of hydrogen-bond acceptors (Lipinski definition) is 7. The van der Waals surface area contributed by atoms with Crippen molar-refractivity contribution in [2.45, 2.75) is 69.5 Å². The monoisotopic (exact) mass is 562 g/mol. The number of rotatable bonds is 10. The molecule has 40 heavy (non-hydrogen) atoms. The van der Waals surface area contributed by atoms with Crippen LogP contribution in [-0.4, -0.2) is 34.5 Å². The van der Waals surface area contributed by atoms with Gasteiger partial charge in [-0.3, -0.25) is 0 Å². The second-order valence-electron chi connectivity index (χ2n) is 11.2. The van der Waals surface area contributed by atoms with Gasteiger partial charge in [0.1, 0.15) is 28.6 Å². The van der Waals surface area contributed by atoms with Crippen LogP contribution in [0.1, 0.15) is 61.4 Å². The molecule has 0 aliphatic carbocycles. The number of aryl methyl sites for hydroxylation is 2. The zero-order chi connectivity index (χ0) is 28.9. The summed E-state index contributed by atoms with van der Waals surface area (Å²) < 4.78 is 11.8. The Balaban J connectivity index is 1.70. The molecule has 0 aromatic heterocycles. The highest BCUT2D eigenvalue weighted by molar-refractivity contribution is 8.04. The lowest BCUT2D eigenvalue weighted by molar-refractivity contribution is -0.160. The molecular weight excluding hydrogens is 524 g/mol. The Hall–Kier alpha value is -3.26. The van der Waals surface area contributed by atoms with Gasteiger partial charge in [-0.2, -0.15) is 0 Å². The number of esters is 1. The number of thioether (sulfide) groups is 1. The molecule has 0 spiro atoms. The van der Waals surface area contributed by atoms with Gasteiger partial charge in [0.05, 0.1) is 19.6 Å². The summed E-state index contributed by atoms with van der Waals surface area (Å²) in [7, 11) is 0. The van der Waals surface area contributed by atoms with Crippen LogP contribution in [0.2, 0.25) is 0 Å². The van der Waals surface area contributed by atoms with E-state index < -0.39 is 11.6 Å². The summed E-state index contributed by atoms with van der Waals surface area (Å²) in [5.41, 5.74) is 3.32. The predicted octanol–water partition coefficient (Wildman–Crippen LogP) is 6.49. The van der Waals surface area contributed by atoms with Crippen molar-refractivity contribution >= 4 is 17.7 Å². The first-order chi connectivity index (χ1) is 19.1. The molecule has 0 saturated carbocycles. The van der Waals surface area contributed by atoms with Crippen LogP contribution in [0.4, 0.5) is 0 Å². The molecule has 0 saturated heterocycles. The third kappa shape index (κ3) is 6.72. The van der Waals surface area contributed by atoms with Gasteiger partial charge in [0.15, 0.2) is 0 Å². The van der Waals surface area contributed by atoms with Crippen LogP contribution in [0.5, 0.6) is 5.75 Å². The molecule has 0 bridgehead atoms. The molecule has 4 rings (SSSR count). The van der Waals surface area contributed by atoms with Gasteiger partial charge in [0, 0.05) is 4.90 Å². The van der Waals surface area contributed by atoms with Crippen LogP contribution in [0.15, 0.2) is 82.3 Å². The molecule has 1 atom stereocenters. The molecule has 3 N–H and O–H groups in total. The van der Waals surface area contributed by atoms with Crippen molar-refractivity contribution < 1.29 is 29.6 Å². The first-order valence-corrected chi connectivity index (χ1v) is 14.3. The number of benzene rings is 3. The predicted molar refractivity (Wildman–Crippen MR) is 157 cm³/mol. The van der Waals surface area contributed by atoms with E-state index in [1.54, 1.807) is 12.1 Å². The molecule has 0 fully saturated rings.